The molecule has 2 unspecified atom stereocenters. The highest BCUT2D eigenvalue weighted by Crippen LogP contribution is 2.35. The lowest BCUT2D eigenvalue weighted by molar-refractivity contribution is 0.345. The highest BCUT2D eigenvalue weighted by molar-refractivity contribution is 7.87. The molecule has 3 rings (SSSR count). The van der Waals surface area contributed by atoms with Crippen LogP contribution in [0.5, 0.6) is 0 Å². The average molecular weight is 308 g/mol. The molecule has 21 heavy (non-hydrogen) atoms. The summed E-state index contributed by atoms with van der Waals surface area (Å²) < 4.78 is 29.4. The summed E-state index contributed by atoms with van der Waals surface area (Å²) in [5, 5.41) is 0. The van der Waals surface area contributed by atoms with Crippen LogP contribution in [0, 0.1) is 5.92 Å². The van der Waals surface area contributed by atoms with E-state index in [9.17, 15) is 8.42 Å². The van der Waals surface area contributed by atoms with E-state index in [2.05, 4.69) is 22.9 Å². The molecule has 0 saturated heterocycles. The van der Waals surface area contributed by atoms with Crippen molar-refractivity contribution in [2.24, 2.45) is 5.92 Å². The van der Waals surface area contributed by atoms with Gasteiger partial charge in [0.2, 0.25) is 0 Å². The van der Waals surface area contributed by atoms with Crippen molar-refractivity contribution in [2.75, 3.05) is 7.05 Å². The smallest absolute Gasteiger partial charge is 0.199 e. The first kappa shape index (κ1) is 15.0. The number of nitrogens with zero attached hydrogens (tertiary/aromatic N) is 1. The van der Waals surface area contributed by atoms with Crippen LogP contribution in [0.15, 0.2) is 24.3 Å². The van der Waals surface area contributed by atoms with Crippen molar-refractivity contribution in [1.82, 2.24) is 9.03 Å². The molecule has 0 radical (unpaired) electrons. The van der Waals surface area contributed by atoms with Gasteiger partial charge < -0.3 is 0 Å². The first-order chi connectivity index (χ1) is 9.97. The Labute approximate surface area is 127 Å². The third-order valence-electron chi connectivity index (χ3n) is 4.92. The Balaban J connectivity index is 1.66. The Hall–Kier alpha value is -0.910. The van der Waals surface area contributed by atoms with Gasteiger partial charge in [0.15, 0.2) is 0 Å². The lowest BCUT2D eigenvalue weighted by Crippen LogP contribution is -2.48. The van der Waals surface area contributed by atoms with Crippen molar-refractivity contribution in [3.8, 4) is 0 Å². The van der Waals surface area contributed by atoms with Crippen molar-refractivity contribution < 1.29 is 8.42 Å². The minimum atomic E-state index is -3.38. The fourth-order valence-corrected chi connectivity index (χ4v) is 4.59. The second kappa shape index (κ2) is 5.71. The second-order valence-corrected chi connectivity index (χ2v) is 8.19. The molecule has 2 aliphatic rings. The van der Waals surface area contributed by atoms with Crippen molar-refractivity contribution in [3.63, 3.8) is 0 Å². The van der Waals surface area contributed by atoms with Gasteiger partial charge in [0.05, 0.1) is 0 Å². The molecule has 1 N–H and O–H groups in total. The summed E-state index contributed by atoms with van der Waals surface area (Å²) in [6.07, 6.45) is 4.92. The molecule has 5 heteroatoms. The van der Waals surface area contributed by atoms with Crippen molar-refractivity contribution in [3.05, 3.63) is 35.4 Å². The van der Waals surface area contributed by atoms with Crippen LogP contribution in [-0.2, 0) is 23.1 Å². The molecule has 1 aromatic carbocycles. The fourth-order valence-electron chi connectivity index (χ4n) is 3.19. The quantitative estimate of drug-likeness (QED) is 0.905. The zero-order valence-electron chi connectivity index (χ0n) is 12.7. The number of hydrogen-bond donors (Lipinski definition) is 1. The molecule has 0 heterocycles. The topological polar surface area (TPSA) is 49.4 Å². The normalized spacial score (nSPS) is 23.9. The Morgan fingerprint density at radius 1 is 1.19 bits per heavy atom. The maximum atomic E-state index is 12.5. The molecule has 0 aromatic heterocycles. The van der Waals surface area contributed by atoms with Gasteiger partial charge in [0.1, 0.15) is 0 Å². The van der Waals surface area contributed by atoms with E-state index in [1.807, 2.05) is 13.0 Å². The summed E-state index contributed by atoms with van der Waals surface area (Å²) >= 11 is 0. The number of benzene rings is 1. The molecule has 116 valence electrons. The summed E-state index contributed by atoms with van der Waals surface area (Å²) in [5.74, 6) is 0.540. The van der Waals surface area contributed by atoms with E-state index in [0.29, 0.717) is 5.92 Å². The van der Waals surface area contributed by atoms with Crippen molar-refractivity contribution in [2.45, 2.75) is 51.1 Å². The summed E-state index contributed by atoms with van der Waals surface area (Å²) in [6, 6.07) is 8.43. The van der Waals surface area contributed by atoms with Gasteiger partial charge in [-0.25, -0.2) is 0 Å². The van der Waals surface area contributed by atoms with Crippen LogP contribution in [0.4, 0.5) is 0 Å². The zero-order chi connectivity index (χ0) is 15.0. The molecule has 2 atom stereocenters. The first-order valence-electron chi connectivity index (χ1n) is 7.79. The molecule has 0 amide bonds. The lowest BCUT2D eigenvalue weighted by atomic mass is 9.89. The van der Waals surface area contributed by atoms with Crippen molar-refractivity contribution >= 4 is 10.2 Å². The lowest BCUT2D eigenvalue weighted by Gasteiger charge is -2.30. The third-order valence-corrected chi connectivity index (χ3v) is 6.64. The van der Waals surface area contributed by atoms with E-state index in [1.54, 1.807) is 7.05 Å². The summed E-state index contributed by atoms with van der Waals surface area (Å²) in [4.78, 5) is 0. The summed E-state index contributed by atoms with van der Waals surface area (Å²) in [5.41, 5.74) is 2.63. The predicted molar refractivity (Wildman–Crippen MR) is 84.3 cm³/mol. The van der Waals surface area contributed by atoms with Gasteiger partial charge in [-0.1, -0.05) is 24.3 Å². The number of aryl methyl sites for hydroxylation is 1. The monoisotopic (exact) mass is 308 g/mol. The van der Waals surface area contributed by atoms with Crippen LogP contribution >= 0.6 is 0 Å². The molecule has 0 aliphatic heterocycles. The standard InChI is InChI=1S/C16H24N2O2S/c1-12(13-7-8-13)18(2)21(19,20)17-16-10-9-14-5-3-4-6-15(14)11-16/h3-6,12-13,16-17H,7-11H2,1-2H3. The van der Waals surface area contributed by atoms with E-state index in [1.165, 1.54) is 15.4 Å². The molecular weight excluding hydrogens is 284 g/mol. The maximum absolute atomic E-state index is 12.5. The Morgan fingerprint density at radius 3 is 2.52 bits per heavy atom. The molecule has 1 fully saturated rings. The van der Waals surface area contributed by atoms with Crippen LogP contribution in [0.3, 0.4) is 0 Å². The van der Waals surface area contributed by atoms with Gasteiger partial charge in [0.25, 0.3) is 10.2 Å². The van der Waals surface area contributed by atoms with E-state index < -0.39 is 10.2 Å². The Bertz CT molecular complexity index is 610. The predicted octanol–water partition coefficient (Wildman–Crippen LogP) is 2.11. The van der Waals surface area contributed by atoms with Gasteiger partial charge in [-0.2, -0.15) is 17.4 Å². The Morgan fingerprint density at radius 2 is 1.86 bits per heavy atom. The summed E-state index contributed by atoms with van der Waals surface area (Å²) in [6.45, 7) is 2.01. The van der Waals surface area contributed by atoms with E-state index >= 15 is 0 Å². The molecule has 4 nitrogen and oxygen atoms in total. The molecule has 1 aromatic rings. The number of rotatable bonds is 5. The Kier molecular flexibility index (Phi) is 4.08. The highest BCUT2D eigenvalue weighted by atomic mass is 32.2. The van der Waals surface area contributed by atoms with E-state index in [0.717, 1.165) is 32.1 Å². The van der Waals surface area contributed by atoms with Gasteiger partial charge in [0, 0.05) is 19.1 Å². The van der Waals surface area contributed by atoms with Crippen LogP contribution in [-0.4, -0.2) is 31.9 Å². The molecule has 2 aliphatic carbocycles. The largest absolute Gasteiger partial charge is 0.279 e. The van der Waals surface area contributed by atoms with Gasteiger partial charge in [-0.3, -0.25) is 0 Å². The average Bonchev–Trinajstić information content (AvgIpc) is 3.30. The zero-order valence-corrected chi connectivity index (χ0v) is 13.6. The highest BCUT2D eigenvalue weighted by Gasteiger charge is 2.36. The van der Waals surface area contributed by atoms with Crippen LogP contribution < -0.4 is 4.72 Å². The van der Waals surface area contributed by atoms with Gasteiger partial charge >= 0.3 is 0 Å². The molecule has 0 bridgehead atoms. The van der Waals surface area contributed by atoms with Crippen LogP contribution in [0.2, 0.25) is 0 Å². The first-order valence-corrected chi connectivity index (χ1v) is 9.23. The second-order valence-electron chi connectivity index (χ2n) is 6.43. The van der Waals surface area contributed by atoms with Crippen LogP contribution in [0.25, 0.3) is 0 Å². The van der Waals surface area contributed by atoms with Crippen molar-refractivity contribution in [1.29, 1.82) is 0 Å². The minimum Gasteiger partial charge on any atom is -0.199 e. The van der Waals surface area contributed by atoms with E-state index in [4.69, 9.17) is 0 Å². The van der Waals surface area contributed by atoms with E-state index in [-0.39, 0.29) is 12.1 Å². The number of hydrogen-bond acceptors (Lipinski definition) is 2. The number of fused-ring (bicyclic) bond motifs is 1. The van der Waals surface area contributed by atoms with Gasteiger partial charge in [-0.05, 0) is 56.1 Å². The third kappa shape index (κ3) is 3.30. The molecular formula is C16H24N2O2S. The maximum Gasteiger partial charge on any atom is 0.279 e. The summed E-state index contributed by atoms with van der Waals surface area (Å²) in [7, 11) is -1.69. The SMILES string of the molecule is CC(C1CC1)N(C)S(=O)(=O)NC1CCc2ccccc2C1. The fraction of sp³-hybridized carbons (Fsp3) is 0.625. The molecule has 1 saturated carbocycles. The van der Waals surface area contributed by atoms with Crippen LogP contribution in [0.1, 0.15) is 37.3 Å². The minimum absolute atomic E-state index is 0.0127. The van der Waals surface area contributed by atoms with Gasteiger partial charge in [-0.15, -0.1) is 0 Å². The number of nitrogens with one attached hydrogen (secondary N) is 1. The molecule has 0 spiro atoms.